The second-order valence-electron chi connectivity index (χ2n) is 9.13. The lowest BCUT2D eigenvalue weighted by molar-refractivity contribution is -0.115. The van der Waals surface area contributed by atoms with Crippen LogP contribution in [0.3, 0.4) is 0 Å². The predicted octanol–water partition coefficient (Wildman–Crippen LogP) is 5.98. The SMILES string of the molecule is Cc1ccc(S(=O)(=O)N2CCCc3cc(NC(=O)Cc4ccc(-c5ccccc5)cc4)ccc32)cc1. The van der Waals surface area contributed by atoms with Gasteiger partial charge in [0.25, 0.3) is 10.0 Å². The molecule has 0 spiro atoms. The molecule has 4 aromatic carbocycles. The van der Waals surface area contributed by atoms with Crippen molar-refractivity contribution in [2.24, 2.45) is 0 Å². The average molecular weight is 497 g/mol. The third-order valence-electron chi connectivity index (χ3n) is 6.47. The maximum absolute atomic E-state index is 13.3. The molecular weight excluding hydrogens is 468 g/mol. The lowest BCUT2D eigenvalue weighted by atomic mass is 10.0. The van der Waals surface area contributed by atoms with Gasteiger partial charge in [0.2, 0.25) is 5.91 Å². The van der Waals surface area contributed by atoms with Gasteiger partial charge in [-0.1, -0.05) is 72.3 Å². The van der Waals surface area contributed by atoms with Crippen LogP contribution in [0.25, 0.3) is 11.1 Å². The molecule has 182 valence electrons. The standard InChI is InChI=1S/C30H28N2O3S/c1-22-9-16-28(17-10-22)36(34,35)32-19-5-8-26-21-27(15-18-29(26)32)31-30(33)20-23-11-13-25(14-12-23)24-6-3-2-4-7-24/h2-4,6-7,9-18,21H,5,8,19-20H2,1H3,(H,31,33). The zero-order valence-electron chi connectivity index (χ0n) is 20.1. The van der Waals surface area contributed by atoms with Crippen molar-refractivity contribution >= 4 is 27.3 Å². The van der Waals surface area contributed by atoms with E-state index >= 15 is 0 Å². The van der Waals surface area contributed by atoms with E-state index in [2.05, 4.69) is 17.4 Å². The summed E-state index contributed by atoms with van der Waals surface area (Å²) in [7, 11) is -3.65. The van der Waals surface area contributed by atoms with Gasteiger partial charge in [0.15, 0.2) is 0 Å². The Bertz CT molecular complexity index is 1480. The molecule has 36 heavy (non-hydrogen) atoms. The topological polar surface area (TPSA) is 66.5 Å². The summed E-state index contributed by atoms with van der Waals surface area (Å²) in [6, 6.07) is 30.5. The number of carbonyl (C=O) groups excluding carboxylic acids is 1. The minimum Gasteiger partial charge on any atom is -0.326 e. The van der Waals surface area contributed by atoms with Gasteiger partial charge in [-0.05, 0) is 72.4 Å². The minimum absolute atomic E-state index is 0.109. The molecule has 0 radical (unpaired) electrons. The van der Waals surface area contributed by atoms with Crippen LogP contribution < -0.4 is 9.62 Å². The number of rotatable bonds is 6. The normalized spacial score (nSPS) is 13.2. The van der Waals surface area contributed by atoms with Crippen molar-refractivity contribution in [2.45, 2.75) is 31.1 Å². The van der Waals surface area contributed by atoms with Gasteiger partial charge in [-0.25, -0.2) is 8.42 Å². The molecule has 0 atom stereocenters. The number of benzene rings is 4. The monoisotopic (exact) mass is 496 g/mol. The second-order valence-corrected chi connectivity index (χ2v) is 11.0. The molecular formula is C30H28N2O3S. The van der Waals surface area contributed by atoms with E-state index in [1.165, 1.54) is 4.31 Å². The quantitative estimate of drug-likeness (QED) is 0.357. The van der Waals surface area contributed by atoms with Gasteiger partial charge in [-0.2, -0.15) is 0 Å². The lowest BCUT2D eigenvalue weighted by Crippen LogP contribution is -2.35. The van der Waals surface area contributed by atoms with Gasteiger partial charge in [0.05, 0.1) is 17.0 Å². The second kappa shape index (κ2) is 9.99. The fourth-order valence-corrected chi connectivity index (χ4v) is 6.10. The van der Waals surface area contributed by atoms with Crippen molar-refractivity contribution in [3.8, 4) is 11.1 Å². The molecule has 4 aromatic rings. The Morgan fingerprint density at radius 2 is 1.56 bits per heavy atom. The Kier molecular flexibility index (Phi) is 6.61. The number of carbonyl (C=O) groups is 1. The van der Waals surface area contributed by atoms with Crippen LogP contribution in [-0.4, -0.2) is 20.9 Å². The molecule has 0 aromatic heterocycles. The summed E-state index contributed by atoms with van der Waals surface area (Å²) in [5.74, 6) is -0.109. The highest BCUT2D eigenvalue weighted by Crippen LogP contribution is 2.34. The highest BCUT2D eigenvalue weighted by Gasteiger charge is 2.29. The van der Waals surface area contributed by atoms with Crippen molar-refractivity contribution in [1.29, 1.82) is 0 Å². The first-order chi connectivity index (χ1) is 17.4. The molecule has 0 saturated carbocycles. The molecule has 1 heterocycles. The number of hydrogen-bond donors (Lipinski definition) is 1. The highest BCUT2D eigenvalue weighted by molar-refractivity contribution is 7.92. The number of aryl methyl sites for hydroxylation is 2. The summed E-state index contributed by atoms with van der Waals surface area (Å²) in [6.07, 6.45) is 1.75. The molecule has 5 nitrogen and oxygen atoms in total. The van der Waals surface area contributed by atoms with E-state index in [1.807, 2.05) is 67.6 Å². The number of sulfonamides is 1. The number of nitrogens with zero attached hydrogens (tertiary/aromatic N) is 1. The van der Waals surface area contributed by atoms with Crippen molar-refractivity contribution in [1.82, 2.24) is 0 Å². The Hall–Kier alpha value is -3.90. The maximum atomic E-state index is 13.3. The molecule has 6 heteroatoms. The number of anilines is 2. The molecule has 1 N–H and O–H groups in total. The number of amides is 1. The number of hydrogen-bond acceptors (Lipinski definition) is 3. The summed E-state index contributed by atoms with van der Waals surface area (Å²) in [5.41, 5.74) is 6.47. The van der Waals surface area contributed by atoms with Gasteiger partial charge in [-0.3, -0.25) is 9.10 Å². The van der Waals surface area contributed by atoms with Crippen LogP contribution in [0.4, 0.5) is 11.4 Å². The Morgan fingerprint density at radius 3 is 2.28 bits per heavy atom. The molecule has 1 amide bonds. The van der Waals surface area contributed by atoms with Crippen molar-refractivity contribution in [2.75, 3.05) is 16.2 Å². The average Bonchev–Trinajstić information content (AvgIpc) is 2.89. The Labute approximate surface area is 212 Å². The zero-order valence-corrected chi connectivity index (χ0v) is 21.0. The maximum Gasteiger partial charge on any atom is 0.264 e. The van der Waals surface area contributed by atoms with E-state index in [-0.39, 0.29) is 17.2 Å². The molecule has 0 saturated heterocycles. The first-order valence-electron chi connectivity index (χ1n) is 12.1. The van der Waals surface area contributed by atoms with E-state index in [4.69, 9.17) is 0 Å². The summed E-state index contributed by atoms with van der Waals surface area (Å²) in [5, 5.41) is 2.97. The molecule has 0 fully saturated rings. The van der Waals surface area contributed by atoms with E-state index in [1.54, 1.807) is 24.3 Å². The van der Waals surface area contributed by atoms with Gasteiger partial charge in [0, 0.05) is 12.2 Å². The minimum atomic E-state index is -3.65. The molecule has 0 unspecified atom stereocenters. The van der Waals surface area contributed by atoms with E-state index in [9.17, 15) is 13.2 Å². The lowest BCUT2D eigenvalue weighted by Gasteiger charge is -2.31. The fraction of sp³-hybridized carbons (Fsp3) is 0.167. The molecule has 0 aliphatic carbocycles. The van der Waals surface area contributed by atoms with E-state index < -0.39 is 10.0 Å². The van der Waals surface area contributed by atoms with Crippen LogP contribution >= 0.6 is 0 Å². The van der Waals surface area contributed by atoms with Gasteiger partial charge >= 0.3 is 0 Å². The van der Waals surface area contributed by atoms with E-state index in [0.717, 1.165) is 40.7 Å². The predicted molar refractivity (Wildman–Crippen MR) is 145 cm³/mol. The van der Waals surface area contributed by atoms with Crippen molar-refractivity contribution in [3.05, 3.63) is 114 Å². The third kappa shape index (κ3) is 5.04. The third-order valence-corrected chi connectivity index (χ3v) is 8.30. The van der Waals surface area contributed by atoms with E-state index in [0.29, 0.717) is 17.9 Å². The highest BCUT2D eigenvalue weighted by atomic mass is 32.2. The molecule has 1 aliphatic rings. The van der Waals surface area contributed by atoms with Crippen LogP contribution in [-0.2, 0) is 27.7 Å². The Balaban J connectivity index is 1.28. The Morgan fingerprint density at radius 1 is 0.861 bits per heavy atom. The molecule has 1 aliphatic heterocycles. The summed E-state index contributed by atoms with van der Waals surface area (Å²) < 4.78 is 28.1. The largest absolute Gasteiger partial charge is 0.326 e. The number of nitrogens with one attached hydrogen (secondary N) is 1. The summed E-state index contributed by atoms with van der Waals surface area (Å²) in [6.45, 7) is 2.37. The fourth-order valence-electron chi connectivity index (χ4n) is 4.56. The summed E-state index contributed by atoms with van der Waals surface area (Å²) in [4.78, 5) is 13.0. The van der Waals surface area contributed by atoms with Crippen LogP contribution in [0.1, 0.15) is 23.1 Å². The van der Waals surface area contributed by atoms with Crippen LogP contribution in [0.5, 0.6) is 0 Å². The zero-order chi connectivity index (χ0) is 25.1. The van der Waals surface area contributed by atoms with Crippen LogP contribution in [0.15, 0.2) is 102 Å². The number of fused-ring (bicyclic) bond motifs is 1. The van der Waals surface area contributed by atoms with Crippen LogP contribution in [0, 0.1) is 6.92 Å². The first-order valence-corrected chi connectivity index (χ1v) is 13.5. The smallest absolute Gasteiger partial charge is 0.264 e. The van der Waals surface area contributed by atoms with Gasteiger partial charge in [0.1, 0.15) is 0 Å². The summed E-state index contributed by atoms with van der Waals surface area (Å²) >= 11 is 0. The molecule has 0 bridgehead atoms. The van der Waals surface area contributed by atoms with Gasteiger partial charge < -0.3 is 5.32 Å². The van der Waals surface area contributed by atoms with Crippen LogP contribution in [0.2, 0.25) is 0 Å². The van der Waals surface area contributed by atoms with Crippen molar-refractivity contribution < 1.29 is 13.2 Å². The first kappa shape index (κ1) is 23.8. The van der Waals surface area contributed by atoms with Crippen molar-refractivity contribution in [3.63, 3.8) is 0 Å². The van der Waals surface area contributed by atoms with Gasteiger partial charge in [-0.15, -0.1) is 0 Å². The molecule has 5 rings (SSSR count).